The molecule has 0 aromatic heterocycles. The fourth-order valence-corrected chi connectivity index (χ4v) is 3.67. The first-order valence-electron chi connectivity index (χ1n) is 9.58. The lowest BCUT2D eigenvalue weighted by Gasteiger charge is -2.29. The number of morpholine rings is 1. The van der Waals surface area contributed by atoms with E-state index in [0.717, 1.165) is 17.0 Å². The molecule has 6 nitrogen and oxygen atoms in total. The Morgan fingerprint density at radius 1 is 0.968 bits per heavy atom. The normalized spacial score (nSPS) is 17.5. The van der Waals surface area contributed by atoms with Crippen LogP contribution in [0.3, 0.4) is 0 Å². The second-order valence-corrected chi connectivity index (χ2v) is 7.05. The summed E-state index contributed by atoms with van der Waals surface area (Å²) in [7, 11) is 1.51. The number of imide groups is 1. The lowest BCUT2D eigenvalue weighted by molar-refractivity contribution is -0.137. The fourth-order valence-electron chi connectivity index (χ4n) is 3.67. The van der Waals surface area contributed by atoms with Gasteiger partial charge in [0.05, 0.1) is 37.1 Å². The van der Waals surface area contributed by atoms with Gasteiger partial charge in [-0.15, -0.1) is 0 Å². The second-order valence-electron chi connectivity index (χ2n) is 7.05. The van der Waals surface area contributed by atoms with E-state index in [1.807, 2.05) is 0 Å². The number of ether oxygens (including phenoxy) is 2. The van der Waals surface area contributed by atoms with Gasteiger partial charge in [0.2, 0.25) is 0 Å². The van der Waals surface area contributed by atoms with Crippen LogP contribution in [0.5, 0.6) is 5.75 Å². The first kappa shape index (κ1) is 20.9. The summed E-state index contributed by atoms with van der Waals surface area (Å²) in [5.41, 5.74) is -0.270. The Labute approximate surface area is 176 Å². The molecule has 0 atom stereocenters. The van der Waals surface area contributed by atoms with E-state index in [4.69, 9.17) is 9.47 Å². The molecule has 0 unspecified atom stereocenters. The van der Waals surface area contributed by atoms with Crippen molar-refractivity contribution in [3.8, 4) is 5.75 Å². The summed E-state index contributed by atoms with van der Waals surface area (Å²) in [5, 5.41) is 0. The Kier molecular flexibility index (Phi) is 5.45. The van der Waals surface area contributed by atoms with E-state index in [2.05, 4.69) is 0 Å². The van der Waals surface area contributed by atoms with Gasteiger partial charge in [-0.1, -0.05) is 18.2 Å². The maximum Gasteiger partial charge on any atom is 0.416 e. The second kappa shape index (κ2) is 8.07. The minimum Gasteiger partial charge on any atom is -0.497 e. The highest BCUT2D eigenvalue weighted by molar-refractivity contribution is 6.45. The van der Waals surface area contributed by atoms with Gasteiger partial charge in [0.15, 0.2) is 0 Å². The minimum atomic E-state index is -4.60. The number of methoxy groups -OCH3 is 1. The topological polar surface area (TPSA) is 59.1 Å². The average molecular weight is 432 g/mol. The summed E-state index contributed by atoms with van der Waals surface area (Å²) in [5.74, 6) is -0.753. The average Bonchev–Trinajstić information content (AvgIpc) is 3.04. The number of alkyl halides is 3. The molecule has 2 heterocycles. The predicted octanol–water partition coefficient (Wildman–Crippen LogP) is 3.33. The highest BCUT2D eigenvalue weighted by Crippen LogP contribution is 2.38. The van der Waals surface area contributed by atoms with Crippen LogP contribution in [0, 0.1) is 0 Å². The lowest BCUT2D eigenvalue weighted by atomic mass is 10.0. The number of carbonyl (C=O) groups is 2. The van der Waals surface area contributed by atoms with Crippen molar-refractivity contribution >= 4 is 23.1 Å². The molecule has 1 fully saturated rings. The third kappa shape index (κ3) is 3.88. The van der Waals surface area contributed by atoms with Gasteiger partial charge < -0.3 is 14.4 Å². The van der Waals surface area contributed by atoms with Crippen molar-refractivity contribution in [1.29, 1.82) is 0 Å². The summed E-state index contributed by atoms with van der Waals surface area (Å²) in [6.07, 6.45) is -4.60. The van der Waals surface area contributed by atoms with E-state index in [1.165, 1.54) is 19.2 Å². The summed E-state index contributed by atoms with van der Waals surface area (Å²) in [6, 6.07) is 10.8. The number of rotatable bonds is 4. The molecule has 2 amide bonds. The van der Waals surface area contributed by atoms with Crippen LogP contribution in [-0.4, -0.2) is 50.1 Å². The zero-order valence-corrected chi connectivity index (χ0v) is 16.6. The van der Waals surface area contributed by atoms with Gasteiger partial charge in [-0.25, -0.2) is 4.90 Å². The third-order valence-corrected chi connectivity index (χ3v) is 5.20. The maximum absolute atomic E-state index is 13.4. The molecule has 2 aromatic rings. The third-order valence-electron chi connectivity index (χ3n) is 5.20. The van der Waals surface area contributed by atoms with E-state index in [1.54, 1.807) is 29.2 Å². The van der Waals surface area contributed by atoms with Crippen molar-refractivity contribution in [2.24, 2.45) is 0 Å². The summed E-state index contributed by atoms with van der Waals surface area (Å²) in [6.45, 7) is 1.55. The monoisotopic (exact) mass is 432 g/mol. The number of amides is 2. The zero-order chi connectivity index (χ0) is 22.2. The Balaban J connectivity index is 1.80. The zero-order valence-electron chi connectivity index (χ0n) is 16.6. The van der Waals surface area contributed by atoms with Crippen molar-refractivity contribution in [3.05, 3.63) is 65.4 Å². The van der Waals surface area contributed by atoms with E-state index >= 15 is 0 Å². The maximum atomic E-state index is 13.4. The van der Waals surface area contributed by atoms with Crippen LogP contribution in [0.4, 0.5) is 18.9 Å². The van der Waals surface area contributed by atoms with Crippen molar-refractivity contribution in [3.63, 3.8) is 0 Å². The predicted molar refractivity (Wildman–Crippen MR) is 106 cm³/mol. The van der Waals surface area contributed by atoms with Crippen LogP contribution in [0.1, 0.15) is 11.1 Å². The van der Waals surface area contributed by atoms with E-state index < -0.39 is 23.6 Å². The molecule has 0 saturated carbocycles. The largest absolute Gasteiger partial charge is 0.497 e. The van der Waals surface area contributed by atoms with Crippen molar-refractivity contribution in [2.45, 2.75) is 6.18 Å². The van der Waals surface area contributed by atoms with Gasteiger partial charge in [-0.2, -0.15) is 13.2 Å². The van der Waals surface area contributed by atoms with Gasteiger partial charge >= 0.3 is 6.18 Å². The molecule has 0 radical (unpaired) electrons. The number of anilines is 1. The van der Waals surface area contributed by atoms with Gasteiger partial charge in [-0.3, -0.25) is 9.59 Å². The van der Waals surface area contributed by atoms with Crippen LogP contribution >= 0.6 is 0 Å². The molecule has 0 bridgehead atoms. The molecule has 2 aliphatic rings. The molecule has 0 aliphatic carbocycles. The highest BCUT2D eigenvalue weighted by atomic mass is 19.4. The van der Waals surface area contributed by atoms with Gasteiger partial charge in [0.1, 0.15) is 11.4 Å². The van der Waals surface area contributed by atoms with Crippen LogP contribution in [-0.2, 0) is 20.5 Å². The first-order chi connectivity index (χ1) is 14.8. The van der Waals surface area contributed by atoms with E-state index in [9.17, 15) is 22.8 Å². The molecule has 2 aromatic carbocycles. The number of halogens is 3. The molecular formula is C22H19F3N2O4. The smallest absolute Gasteiger partial charge is 0.416 e. The van der Waals surface area contributed by atoms with Crippen molar-refractivity contribution in [2.75, 3.05) is 38.3 Å². The van der Waals surface area contributed by atoms with E-state index in [-0.39, 0.29) is 17.0 Å². The van der Waals surface area contributed by atoms with Crippen molar-refractivity contribution < 1.29 is 32.2 Å². The summed E-state index contributed by atoms with van der Waals surface area (Å²) in [4.78, 5) is 29.3. The quantitative estimate of drug-likeness (QED) is 0.694. The lowest BCUT2D eigenvalue weighted by Crippen LogP contribution is -2.40. The van der Waals surface area contributed by atoms with Gasteiger partial charge in [0.25, 0.3) is 11.8 Å². The number of hydrogen-bond acceptors (Lipinski definition) is 5. The Bertz CT molecular complexity index is 1040. The van der Waals surface area contributed by atoms with Crippen LogP contribution in [0.25, 0.3) is 5.57 Å². The van der Waals surface area contributed by atoms with Crippen LogP contribution in [0.2, 0.25) is 0 Å². The molecule has 4 rings (SSSR count). The number of carbonyl (C=O) groups excluding carboxylic acids is 2. The molecule has 1 saturated heterocycles. The molecule has 9 heteroatoms. The molecule has 0 N–H and O–H groups in total. The summed E-state index contributed by atoms with van der Waals surface area (Å²) < 4.78 is 50.1. The van der Waals surface area contributed by atoms with Gasteiger partial charge in [0, 0.05) is 13.1 Å². The Hall–Kier alpha value is -3.33. The Morgan fingerprint density at radius 2 is 1.65 bits per heavy atom. The Morgan fingerprint density at radius 3 is 2.26 bits per heavy atom. The number of benzene rings is 2. The fraction of sp³-hybridized carbons (Fsp3) is 0.273. The van der Waals surface area contributed by atoms with Crippen LogP contribution < -0.4 is 9.64 Å². The first-order valence-corrected chi connectivity index (χ1v) is 9.58. The molecule has 2 aliphatic heterocycles. The number of hydrogen-bond donors (Lipinski definition) is 0. The number of nitrogens with zero attached hydrogens (tertiary/aromatic N) is 2. The SMILES string of the molecule is COc1ccc(C2=C(N3CCOCC3)C(=O)N(c3cccc(C(F)(F)F)c3)C2=O)cc1. The molecular weight excluding hydrogens is 413 g/mol. The molecule has 31 heavy (non-hydrogen) atoms. The highest BCUT2D eigenvalue weighted by Gasteiger charge is 2.43. The van der Waals surface area contributed by atoms with E-state index in [0.29, 0.717) is 37.6 Å². The van der Waals surface area contributed by atoms with Gasteiger partial charge in [-0.05, 0) is 35.9 Å². The minimum absolute atomic E-state index is 0.126. The standard InChI is InChI=1S/C22H19F3N2O4/c1-30-17-7-5-14(6-8-17)18-19(26-9-11-31-12-10-26)21(29)27(20(18)28)16-4-2-3-15(13-16)22(23,24)25/h2-8,13H,9-12H2,1H3. The molecule has 162 valence electrons. The van der Waals surface area contributed by atoms with Crippen molar-refractivity contribution in [1.82, 2.24) is 4.90 Å². The summed E-state index contributed by atoms with van der Waals surface area (Å²) >= 11 is 0. The molecule has 0 spiro atoms. The van der Waals surface area contributed by atoms with Crippen LogP contribution in [0.15, 0.2) is 54.2 Å².